The maximum absolute atomic E-state index is 13.1. The molecule has 2 aliphatic rings. The van der Waals surface area contributed by atoms with Gasteiger partial charge in [-0.3, -0.25) is 14.6 Å². The zero-order chi connectivity index (χ0) is 22.8. The minimum atomic E-state index is -0.605. The molecule has 2 amide bonds. The van der Waals surface area contributed by atoms with E-state index < -0.39 is 6.10 Å². The highest BCUT2D eigenvalue weighted by atomic mass is 16.5. The highest BCUT2D eigenvalue weighted by Crippen LogP contribution is 2.24. The molecule has 1 N–H and O–H groups in total. The zero-order valence-corrected chi connectivity index (χ0v) is 18.3. The molecule has 0 bridgehead atoms. The summed E-state index contributed by atoms with van der Waals surface area (Å²) in [6.07, 6.45) is 8.69. The van der Waals surface area contributed by atoms with E-state index in [1.807, 2.05) is 22.9 Å². The summed E-state index contributed by atoms with van der Waals surface area (Å²) >= 11 is 0. The van der Waals surface area contributed by atoms with Gasteiger partial charge in [-0.15, -0.1) is 0 Å². The molecule has 4 heterocycles. The van der Waals surface area contributed by atoms with Crippen LogP contribution in [0.2, 0.25) is 0 Å². The normalized spacial score (nSPS) is 20.7. The molecule has 2 atom stereocenters. The lowest BCUT2D eigenvalue weighted by atomic mass is 10.0. The molecular formula is C24H27N5O4. The zero-order valence-electron chi connectivity index (χ0n) is 18.3. The van der Waals surface area contributed by atoms with Crippen molar-refractivity contribution in [2.75, 3.05) is 32.8 Å². The van der Waals surface area contributed by atoms with Crippen LogP contribution in [-0.2, 0) is 11.2 Å². The van der Waals surface area contributed by atoms with Crippen molar-refractivity contribution in [3.05, 3.63) is 60.3 Å². The van der Waals surface area contributed by atoms with Crippen LogP contribution in [0.15, 0.2) is 49.1 Å². The van der Waals surface area contributed by atoms with Crippen LogP contribution < -0.4 is 4.74 Å². The van der Waals surface area contributed by atoms with E-state index in [0.717, 1.165) is 24.3 Å². The number of nitrogens with zero attached hydrogens (tertiary/aromatic N) is 5. The Morgan fingerprint density at radius 3 is 3.00 bits per heavy atom. The molecule has 9 heteroatoms. The van der Waals surface area contributed by atoms with E-state index in [9.17, 15) is 14.7 Å². The van der Waals surface area contributed by atoms with Crippen molar-refractivity contribution < 1.29 is 19.4 Å². The Kier molecular flexibility index (Phi) is 5.95. The summed E-state index contributed by atoms with van der Waals surface area (Å²) in [5.41, 5.74) is 2.15. The van der Waals surface area contributed by atoms with Gasteiger partial charge in [0.05, 0.1) is 24.5 Å². The van der Waals surface area contributed by atoms with Crippen LogP contribution in [0.5, 0.6) is 5.75 Å². The number of imidazole rings is 1. The number of carbonyl (C=O) groups excluding carboxylic acids is 2. The first-order chi connectivity index (χ1) is 16.1. The maximum atomic E-state index is 13.1. The summed E-state index contributed by atoms with van der Waals surface area (Å²) in [5.74, 6) is 0.557. The molecule has 0 saturated carbocycles. The number of hydrogen-bond donors (Lipinski definition) is 1. The lowest BCUT2D eigenvalue weighted by Crippen LogP contribution is -2.30. The first-order valence-electron chi connectivity index (χ1n) is 11.3. The van der Waals surface area contributed by atoms with E-state index >= 15 is 0 Å². The molecule has 0 unspecified atom stereocenters. The largest absolute Gasteiger partial charge is 0.492 e. The van der Waals surface area contributed by atoms with Gasteiger partial charge >= 0.3 is 0 Å². The number of β-amino-alcohol motifs (C(OH)–C–C–N with tert-alkyl or cyclic N) is 1. The molecule has 2 aliphatic heterocycles. The van der Waals surface area contributed by atoms with Crippen molar-refractivity contribution in [1.82, 2.24) is 24.2 Å². The number of benzene rings is 1. The van der Waals surface area contributed by atoms with E-state index in [1.165, 1.54) is 0 Å². The average Bonchev–Trinajstić information content (AvgIpc) is 3.54. The quantitative estimate of drug-likeness (QED) is 0.585. The SMILES string of the molecule is O=C1CCCN1CCOc1cccc(C(=O)N2C[C@@H](Cc3cn4ccnc4cn3)[C@@H](O)C2)c1. The van der Waals surface area contributed by atoms with E-state index in [4.69, 9.17) is 4.74 Å². The lowest BCUT2D eigenvalue weighted by molar-refractivity contribution is -0.128. The fraction of sp³-hybridized carbons (Fsp3) is 0.417. The van der Waals surface area contributed by atoms with Crippen LogP contribution in [0.25, 0.3) is 5.65 Å². The highest BCUT2D eigenvalue weighted by molar-refractivity contribution is 5.94. The number of aromatic nitrogens is 3. The third-order valence-corrected chi connectivity index (χ3v) is 6.38. The molecule has 0 spiro atoms. The van der Waals surface area contributed by atoms with Gasteiger partial charge in [0.1, 0.15) is 12.4 Å². The Bertz CT molecular complexity index is 1160. The Labute approximate surface area is 191 Å². The molecule has 0 aliphatic carbocycles. The van der Waals surface area contributed by atoms with Crippen molar-refractivity contribution in [1.29, 1.82) is 0 Å². The van der Waals surface area contributed by atoms with Gasteiger partial charge in [-0.2, -0.15) is 0 Å². The molecule has 5 rings (SSSR count). The first-order valence-corrected chi connectivity index (χ1v) is 11.3. The number of aliphatic hydroxyl groups is 1. The Morgan fingerprint density at radius 1 is 1.24 bits per heavy atom. The molecule has 1 aromatic carbocycles. The van der Waals surface area contributed by atoms with Crippen LogP contribution in [-0.4, -0.2) is 80.0 Å². The topological polar surface area (TPSA) is 100 Å². The second kappa shape index (κ2) is 9.19. The summed E-state index contributed by atoms with van der Waals surface area (Å²) < 4.78 is 7.69. The fourth-order valence-corrected chi connectivity index (χ4v) is 4.58. The van der Waals surface area contributed by atoms with E-state index in [1.54, 1.807) is 40.4 Å². The molecule has 9 nitrogen and oxygen atoms in total. The second-order valence-electron chi connectivity index (χ2n) is 8.67. The number of ether oxygens (including phenoxy) is 1. The predicted molar refractivity (Wildman–Crippen MR) is 120 cm³/mol. The van der Waals surface area contributed by atoms with Gasteiger partial charge in [-0.05, 0) is 31.0 Å². The molecule has 3 aromatic rings. The third kappa shape index (κ3) is 4.68. The Morgan fingerprint density at radius 2 is 2.15 bits per heavy atom. The van der Waals surface area contributed by atoms with Gasteiger partial charge in [0.2, 0.25) is 5.91 Å². The standard InChI is InChI=1S/C24H27N5O4/c30-21-16-29(14-18(21)11-19-15-28-8-6-25-22(28)13-26-19)24(32)17-3-1-4-20(12-17)33-10-9-27-7-2-5-23(27)31/h1,3-4,6,8,12-13,15,18,21,30H,2,5,7,9-11,14,16H2/t18-,21+/m1/s1. The van der Waals surface area contributed by atoms with Crippen molar-refractivity contribution in [3.8, 4) is 5.75 Å². The van der Waals surface area contributed by atoms with Crippen molar-refractivity contribution >= 4 is 17.5 Å². The molecule has 0 radical (unpaired) electrons. The Balaban J connectivity index is 1.18. The number of fused-ring (bicyclic) bond motifs is 1. The number of amides is 2. The van der Waals surface area contributed by atoms with Gasteiger partial charge in [-0.1, -0.05) is 6.07 Å². The van der Waals surface area contributed by atoms with Crippen LogP contribution in [0.1, 0.15) is 28.9 Å². The summed E-state index contributed by atoms with van der Waals surface area (Å²) in [6.45, 7) is 2.48. The maximum Gasteiger partial charge on any atom is 0.254 e. The number of carbonyl (C=O) groups is 2. The van der Waals surface area contributed by atoms with Crippen molar-refractivity contribution in [3.63, 3.8) is 0 Å². The van der Waals surface area contributed by atoms with Crippen LogP contribution in [0.4, 0.5) is 0 Å². The van der Waals surface area contributed by atoms with Gasteiger partial charge in [0, 0.05) is 56.1 Å². The molecule has 2 saturated heterocycles. The second-order valence-corrected chi connectivity index (χ2v) is 8.67. The van der Waals surface area contributed by atoms with Gasteiger partial charge in [0.25, 0.3) is 5.91 Å². The summed E-state index contributed by atoms with van der Waals surface area (Å²) in [5, 5.41) is 10.6. The number of rotatable bonds is 7. The summed E-state index contributed by atoms with van der Waals surface area (Å²) in [6, 6.07) is 7.08. The van der Waals surface area contributed by atoms with Gasteiger partial charge < -0.3 is 24.0 Å². The van der Waals surface area contributed by atoms with E-state index in [0.29, 0.717) is 50.4 Å². The average molecular weight is 450 g/mol. The Hall–Kier alpha value is -3.46. The number of aliphatic hydroxyl groups excluding tert-OH is 1. The molecule has 33 heavy (non-hydrogen) atoms. The smallest absolute Gasteiger partial charge is 0.254 e. The number of hydrogen-bond acceptors (Lipinski definition) is 6. The molecule has 2 aromatic heterocycles. The molecule has 172 valence electrons. The highest BCUT2D eigenvalue weighted by Gasteiger charge is 2.34. The number of likely N-dealkylation sites (tertiary alicyclic amines) is 2. The van der Waals surface area contributed by atoms with Crippen LogP contribution in [0, 0.1) is 5.92 Å². The van der Waals surface area contributed by atoms with Gasteiger partial charge in [0.15, 0.2) is 5.65 Å². The minimum Gasteiger partial charge on any atom is -0.492 e. The van der Waals surface area contributed by atoms with Crippen LogP contribution >= 0.6 is 0 Å². The van der Waals surface area contributed by atoms with Crippen LogP contribution in [0.3, 0.4) is 0 Å². The predicted octanol–water partition coefficient (Wildman–Crippen LogP) is 1.41. The van der Waals surface area contributed by atoms with Crippen molar-refractivity contribution in [2.45, 2.75) is 25.4 Å². The van der Waals surface area contributed by atoms with E-state index in [2.05, 4.69) is 9.97 Å². The molecular weight excluding hydrogens is 422 g/mol. The first kappa shape index (κ1) is 21.4. The minimum absolute atomic E-state index is 0.0835. The third-order valence-electron chi connectivity index (χ3n) is 6.38. The van der Waals surface area contributed by atoms with Gasteiger partial charge in [-0.25, -0.2) is 4.98 Å². The summed E-state index contributed by atoms with van der Waals surface area (Å²) in [4.78, 5) is 36.9. The van der Waals surface area contributed by atoms with E-state index in [-0.39, 0.29) is 17.7 Å². The monoisotopic (exact) mass is 449 g/mol. The van der Waals surface area contributed by atoms with Crippen molar-refractivity contribution in [2.24, 2.45) is 5.92 Å². The fourth-order valence-electron chi connectivity index (χ4n) is 4.58. The summed E-state index contributed by atoms with van der Waals surface area (Å²) in [7, 11) is 0. The lowest BCUT2D eigenvalue weighted by Gasteiger charge is -2.18. The molecule has 2 fully saturated rings.